The van der Waals surface area contributed by atoms with E-state index in [4.69, 9.17) is 23.8 Å². The molecule has 0 atom stereocenters. The fourth-order valence-electron chi connectivity index (χ4n) is 2.12. The molecule has 0 bridgehead atoms. The second kappa shape index (κ2) is 7.17. The summed E-state index contributed by atoms with van der Waals surface area (Å²) in [6, 6.07) is 14.0. The van der Waals surface area contributed by atoms with Crippen LogP contribution in [-0.2, 0) is 4.79 Å². The molecule has 0 radical (unpaired) electrons. The molecule has 0 aliphatic carbocycles. The van der Waals surface area contributed by atoms with Gasteiger partial charge in [0, 0.05) is 5.69 Å². The summed E-state index contributed by atoms with van der Waals surface area (Å²) in [5.41, 5.74) is 1.80. The Morgan fingerprint density at radius 2 is 2.00 bits per heavy atom. The third-order valence-corrected chi connectivity index (χ3v) is 4.70. The summed E-state index contributed by atoms with van der Waals surface area (Å²) in [6.07, 6.45) is 1.73. The first-order chi connectivity index (χ1) is 11.5. The summed E-state index contributed by atoms with van der Waals surface area (Å²) in [6.45, 7) is 0. The molecule has 2 aromatic rings. The molecule has 7 heteroatoms. The summed E-state index contributed by atoms with van der Waals surface area (Å²) in [4.78, 5) is 24.5. The van der Waals surface area contributed by atoms with Crippen LogP contribution in [0, 0.1) is 0 Å². The average Bonchev–Trinajstić information content (AvgIpc) is 2.85. The molecule has 0 saturated carbocycles. The lowest BCUT2D eigenvalue weighted by Gasteiger charge is -2.07. The number of anilines is 1. The van der Waals surface area contributed by atoms with Gasteiger partial charge in [0.15, 0.2) is 0 Å². The fourth-order valence-corrected chi connectivity index (χ4v) is 3.39. The molecule has 2 amide bonds. The van der Waals surface area contributed by atoms with Gasteiger partial charge in [0.1, 0.15) is 4.32 Å². The Hall–Kier alpha value is -2.15. The first-order valence-electron chi connectivity index (χ1n) is 6.94. The highest BCUT2D eigenvalue weighted by atomic mass is 35.5. The Morgan fingerprint density at radius 3 is 2.71 bits per heavy atom. The van der Waals surface area contributed by atoms with Gasteiger partial charge < -0.3 is 10.6 Å². The van der Waals surface area contributed by atoms with Gasteiger partial charge in [0.05, 0.1) is 15.5 Å². The highest BCUT2D eigenvalue weighted by Gasteiger charge is 2.21. The molecule has 2 N–H and O–H groups in total. The van der Waals surface area contributed by atoms with Crippen molar-refractivity contribution in [1.29, 1.82) is 0 Å². The molecular weight excluding hydrogens is 364 g/mol. The van der Waals surface area contributed by atoms with Gasteiger partial charge in [-0.25, -0.2) is 0 Å². The van der Waals surface area contributed by atoms with Crippen molar-refractivity contribution in [3.8, 4) is 0 Å². The van der Waals surface area contributed by atoms with Crippen molar-refractivity contribution in [1.82, 2.24) is 5.32 Å². The van der Waals surface area contributed by atoms with Crippen LogP contribution in [0.15, 0.2) is 53.4 Å². The van der Waals surface area contributed by atoms with E-state index in [9.17, 15) is 9.59 Å². The number of benzene rings is 2. The van der Waals surface area contributed by atoms with Crippen molar-refractivity contribution in [3.63, 3.8) is 0 Å². The van der Waals surface area contributed by atoms with E-state index < -0.39 is 0 Å². The molecule has 0 aromatic heterocycles. The highest BCUT2D eigenvalue weighted by molar-refractivity contribution is 8.26. The van der Waals surface area contributed by atoms with Crippen LogP contribution in [0.5, 0.6) is 0 Å². The molecule has 0 unspecified atom stereocenters. The number of hydrogen-bond donors (Lipinski definition) is 2. The van der Waals surface area contributed by atoms with Gasteiger partial charge in [-0.05, 0) is 35.9 Å². The van der Waals surface area contributed by atoms with E-state index in [0.717, 1.165) is 5.56 Å². The Morgan fingerprint density at radius 1 is 1.21 bits per heavy atom. The van der Waals surface area contributed by atoms with E-state index in [0.29, 0.717) is 25.5 Å². The van der Waals surface area contributed by atoms with Crippen LogP contribution in [0.1, 0.15) is 15.9 Å². The zero-order valence-electron chi connectivity index (χ0n) is 12.2. The second-order valence-electron chi connectivity index (χ2n) is 4.91. The summed E-state index contributed by atoms with van der Waals surface area (Å²) < 4.78 is 0.439. The quantitative estimate of drug-likeness (QED) is 0.627. The number of hydrogen-bond acceptors (Lipinski definition) is 4. The number of rotatable bonds is 3. The molecule has 3 rings (SSSR count). The van der Waals surface area contributed by atoms with Crippen molar-refractivity contribution in [2.75, 3.05) is 5.32 Å². The lowest BCUT2D eigenvalue weighted by molar-refractivity contribution is -0.115. The largest absolute Gasteiger partial charge is 0.322 e. The molecule has 120 valence electrons. The molecule has 4 nitrogen and oxygen atoms in total. The number of carbonyl (C=O) groups excluding carboxylic acids is 2. The SMILES string of the molecule is O=C1NC(=S)S/C1=C\c1cccc(NC(=O)c2ccccc2Cl)c1. The molecule has 24 heavy (non-hydrogen) atoms. The van der Waals surface area contributed by atoms with Crippen molar-refractivity contribution >= 4 is 63.5 Å². The average molecular weight is 375 g/mol. The van der Waals surface area contributed by atoms with Crippen molar-refractivity contribution in [3.05, 3.63) is 69.6 Å². The van der Waals surface area contributed by atoms with Crippen LogP contribution in [0.25, 0.3) is 6.08 Å². The number of halogens is 1. The molecule has 1 aliphatic rings. The second-order valence-corrected chi connectivity index (χ2v) is 7.04. The zero-order valence-corrected chi connectivity index (χ0v) is 14.6. The fraction of sp³-hybridized carbons (Fsp3) is 0. The monoisotopic (exact) mass is 374 g/mol. The summed E-state index contributed by atoms with van der Waals surface area (Å²) in [7, 11) is 0. The van der Waals surface area contributed by atoms with Crippen LogP contribution >= 0.6 is 35.6 Å². The van der Waals surface area contributed by atoms with Crippen LogP contribution in [0.4, 0.5) is 5.69 Å². The standard InChI is InChI=1S/C17H11ClN2O2S2/c18-13-7-2-1-6-12(13)15(21)19-11-5-3-4-10(8-11)9-14-16(22)20-17(23)24-14/h1-9H,(H,19,21)(H,20,22,23)/b14-9-. The topological polar surface area (TPSA) is 58.2 Å². The van der Waals surface area contributed by atoms with Crippen molar-refractivity contribution < 1.29 is 9.59 Å². The number of nitrogens with one attached hydrogen (secondary N) is 2. The van der Waals surface area contributed by atoms with Gasteiger partial charge in [0.25, 0.3) is 11.8 Å². The smallest absolute Gasteiger partial charge is 0.263 e. The molecule has 2 aromatic carbocycles. The number of carbonyl (C=O) groups is 2. The predicted octanol–water partition coefficient (Wildman–Crippen LogP) is 4.08. The van der Waals surface area contributed by atoms with Gasteiger partial charge in [-0.2, -0.15) is 0 Å². The van der Waals surface area contributed by atoms with Gasteiger partial charge in [-0.15, -0.1) is 0 Å². The van der Waals surface area contributed by atoms with E-state index in [1.807, 2.05) is 6.07 Å². The van der Waals surface area contributed by atoms with E-state index >= 15 is 0 Å². The molecule has 0 spiro atoms. The Bertz CT molecular complexity index is 880. The molecule has 1 aliphatic heterocycles. The third-order valence-electron chi connectivity index (χ3n) is 3.20. The van der Waals surface area contributed by atoms with Crippen LogP contribution < -0.4 is 10.6 Å². The number of thioether (sulfide) groups is 1. The van der Waals surface area contributed by atoms with E-state index in [1.54, 1.807) is 48.5 Å². The number of amides is 2. The van der Waals surface area contributed by atoms with Gasteiger partial charge in [-0.1, -0.05) is 59.8 Å². The van der Waals surface area contributed by atoms with Crippen LogP contribution in [0.2, 0.25) is 5.02 Å². The first-order valence-corrected chi connectivity index (χ1v) is 8.54. The minimum absolute atomic E-state index is 0.212. The molecule has 1 fully saturated rings. The van der Waals surface area contributed by atoms with E-state index in [1.165, 1.54) is 11.8 Å². The lowest BCUT2D eigenvalue weighted by Crippen LogP contribution is -2.17. The van der Waals surface area contributed by atoms with Gasteiger partial charge in [-0.3, -0.25) is 9.59 Å². The molecule has 1 heterocycles. The predicted molar refractivity (Wildman–Crippen MR) is 102 cm³/mol. The van der Waals surface area contributed by atoms with E-state index in [2.05, 4.69) is 10.6 Å². The van der Waals surface area contributed by atoms with Gasteiger partial charge >= 0.3 is 0 Å². The van der Waals surface area contributed by atoms with Crippen molar-refractivity contribution in [2.45, 2.75) is 0 Å². The maximum Gasteiger partial charge on any atom is 0.263 e. The maximum absolute atomic E-state index is 12.3. The minimum Gasteiger partial charge on any atom is -0.322 e. The Kier molecular flexibility index (Phi) is 4.99. The number of thiocarbonyl (C=S) groups is 1. The zero-order chi connectivity index (χ0) is 17.1. The normalized spacial score (nSPS) is 15.5. The van der Waals surface area contributed by atoms with Crippen molar-refractivity contribution in [2.24, 2.45) is 0 Å². The summed E-state index contributed by atoms with van der Waals surface area (Å²) in [5, 5.41) is 5.75. The minimum atomic E-state index is -0.292. The first kappa shape index (κ1) is 16.7. The highest BCUT2D eigenvalue weighted by Crippen LogP contribution is 2.26. The van der Waals surface area contributed by atoms with E-state index in [-0.39, 0.29) is 11.8 Å². The van der Waals surface area contributed by atoms with Crippen LogP contribution in [0.3, 0.4) is 0 Å². The maximum atomic E-state index is 12.3. The molecular formula is C17H11ClN2O2S2. The summed E-state index contributed by atoms with van der Waals surface area (Å²) in [5.74, 6) is -0.505. The Labute approximate surface area is 153 Å². The Balaban J connectivity index is 1.80. The van der Waals surface area contributed by atoms with Crippen LogP contribution in [-0.4, -0.2) is 16.1 Å². The lowest BCUT2D eigenvalue weighted by atomic mass is 10.1. The summed E-state index contributed by atoms with van der Waals surface area (Å²) >= 11 is 12.2. The third kappa shape index (κ3) is 3.84. The molecule has 1 saturated heterocycles. The van der Waals surface area contributed by atoms with Gasteiger partial charge in [0.2, 0.25) is 0 Å².